The summed E-state index contributed by atoms with van der Waals surface area (Å²) in [5.41, 5.74) is 1.08. The molecule has 3 rings (SSSR count). The molecular weight excluding hydrogens is 527 g/mol. The highest BCUT2D eigenvalue weighted by molar-refractivity contribution is 6.70. The van der Waals surface area contributed by atoms with Gasteiger partial charge in [-0.05, 0) is 54.6 Å². The third-order valence-corrected chi connectivity index (χ3v) is 4.74. The SMILES string of the molecule is O/N=C(\Cl)c1ccc(F)cc1Cl.O/N=C/c1ccc(F)cc1Cl.O=Cc1ccc(F)cc1Cl. The van der Waals surface area contributed by atoms with Crippen LogP contribution in [0.5, 0.6) is 0 Å². The van der Waals surface area contributed by atoms with Gasteiger partial charge in [0.1, 0.15) is 17.5 Å². The first kappa shape index (κ1) is 28.3. The third kappa shape index (κ3) is 9.71. The Morgan fingerprint density at radius 1 is 0.758 bits per heavy atom. The van der Waals surface area contributed by atoms with Crippen molar-refractivity contribution in [2.75, 3.05) is 0 Å². The van der Waals surface area contributed by atoms with Crippen molar-refractivity contribution in [1.82, 2.24) is 0 Å². The lowest BCUT2D eigenvalue weighted by atomic mass is 10.2. The van der Waals surface area contributed by atoms with Gasteiger partial charge in [0.15, 0.2) is 11.5 Å². The predicted molar refractivity (Wildman–Crippen MR) is 123 cm³/mol. The Balaban J connectivity index is 0.000000249. The van der Waals surface area contributed by atoms with E-state index in [1.807, 2.05) is 0 Å². The Labute approximate surface area is 206 Å². The zero-order chi connectivity index (χ0) is 25.0. The number of carbonyl (C=O) groups excluding carboxylic acids is 1. The first-order valence-corrected chi connectivity index (χ1v) is 9.99. The topological polar surface area (TPSA) is 82.2 Å². The van der Waals surface area contributed by atoms with E-state index in [0.29, 0.717) is 23.0 Å². The van der Waals surface area contributed by atoms with Crippen molar-refractivity contribution in [2.24, 2.45) is 10.3 Å². The Bertz CT molecular complexity index is 1160. The van der Waals surface area contributed by atoms with E-state index >= 15 is 0 Å². The van der Waals surface area contributed by atoms with Crippen molar-refractivity contribution in [3.05, 3.63) is 104 Å². The second-order valence-corrected chi connectivity index (χ2v) is 7.29. The minimum absolute atomic E-state index is 0.109. The molecule has 0 aliphatic carbocycles. The lowest BCUT2D eigenvalue weighted by Gasteiger charge is -1.98. The standard InChI is InChI=1S/C7H4Cl2FNO.C7H5ClFNO.C7H4ClFO/c8-6-3-4(10)1-2-5(6)7(9)11-12;8-7-3-6(9)2-1-5(7)4-10-11;8-7-3-6(9)2-1-5(7)4-10/h1-3,12H;1-4,11H;1-4H/b11-7-;10-4+;. The molecule has 0 atom stereocenters. The monoisotopic (exact) mass is 538 g/mol. The summed E-state index contributed by atoms with van der Waals surface area (Å²) < 4.78 is 37.2. The number of aldehydes is 1. The molecule has 0 aromatic heterocycles. The number of hydrogen-bond donors (Lipinski definition) is 2. The summed E-state index contributed by atoms with van der Waals surface area (Å²) in [6.07, 6.45) is 1.73. The largest absolute Gasteiger partial charge is 0.411 e. The van der Waals surface area contributed by atoms with E-state index in [0.717, 1.165) is 24.4 Å². The average molecular weight is 540 g/mol. The Morgan fingerprint density at radius 3 is 1.61 bits per heavy atom. The molecule has 0 saturated carbocycles. The van der Waals surface area contributed by atoms with Crippen molar-refractivity contribution in [2.45, 2.75) is 0 Å². The summed E-state index contributed by atoms with van der Waals surface area (Å²) in [4.78, 5) is 10.1. The number of hydrogen-bond acceptors (Lipinski definition) is 5. The van der Waals surface area contributed by atoms with Gasteiger partial charge in [0.25, 0.3) is 0 Å². The lowest BCUT2D eigenvalue weighted by Crippen LogP contribution is -1.92. The Morgan fingerprint density at radius 2 is 1.21 bits per heavy atom. The smallest absolute Gasteiger partial charge is 0.176 e. The summed E-state index contributed by atoms with van der Waals surface area (Å²) in [6.45, 7) is 0. The summed E-state index contributed by atoms with van der Waals surface area (Å²) >= 11 is 22.1. The molecule has 12 heteroatoms. The highest BCUT2D eigenvalue weighted by Crippen LogP contribution is 2.19. The number of nitrogens with zero attached hydrogens (tertiary/aromatic N) is 2. The van der Waals surface area contributed by atoms with Gasteiger partial charge in [-0.25, -0.2) is 13.2 Å². The molecule has 2 N–H and O–H groups in total. The van der Waals surface area contributed by atoms with E-state index in [9.17, 15) is 18.0 Å². The molecule has 0 saturated heterocycles. The maximum Gasteiger partial charge on any atom is 0.176 e. The molecule has 0 aliphatic rings. The highest BCUT2D eigenvalue weighted by Gasteiger charge is 2.06. The van der Waals surface area contributed by atoms with E-state index in [4.69, 9.17) is 56.8 Å². The van der Waals surface area contributed by atoms with Crippen LogP contribution in [-0.4, -0.2) is 28.1 Å². The van der Waals surface area contributed by atoms with Gasteiger partial charge in [-0.15, -0.1) is 0 Å². The Kier molecular flexibility index (Phi) is 12.3. The third-order valence-electron chi connectivity index (χ3n) is 3.49. The van der Waals surface area contributed by atoms with Crippen molar-refractivity contribution in [3.8, 4) is 0 Å². The second kappa shape index (κ2) is 14.4. The molecule has 0 bridgehead atoms. The van der Waals surface area contributed by atoms with Crippen LogP contribution in [0.15, 0.2) is 64.9 Å². The van der Waals surface area contributed by atoms with Crippen LogP contribution in [0, 0.1) is 17.5 Å². The number of halogens is 7. The average Bonchev–Trinajstić information content (AvgIpc) is 2.76. The van der Waals surface area contributed by atoms with E-state index < -0.39 is 17.5 Å². The number of carbonyl (C=O) groups is 1. The highest BCUT2D eigenvalue weighted by atomic mass is 35.5. The maximum atomic E-state index is 12.5. The molecule has 0 spiro atoms. The van der Waals surface area contributed by atoms with Gasteiger partial charge in [-0.2, -0.15) is 0 Å². The zero-order valence-electron chi connectivity index (χ0n) is 16.2. The van der Waals surface area contributed by atoms with Gasteiger partial charge in [-0.1, -0.05) is 56.7 Å². The molecule has 0 fully saturated rings. The fourth-order valence-corrected chi connectivity index (χ4v) is 2.87. The second-order valence-electron chi connectivity index (χ2n) is 5.71. The molecule has 0 heterocycles. The molecule has 174 valence electrons. The van der Waals surface area contributed by atoms with Gasteiger partial charge >= 0.3 is 0 Å². The molecule has 33 heavy (non-hydrogen) atoms. The van der Waals surface area contributed by atoms with Gasteiger partial charge in [-0.3, -0.25) is 4.79 Å². The van der Waals surface area contributed by atoms with Crippen LogP contribution in [0.4, 0.5) is 13.2 Å². The van der Waals surface area contributed by atoms with Crippen LogP contribution in [0.1, 0.15) is 21.5 Å². The molecular formula is C21H13Cl4F3N2O3. The fraction of sp³-hybridized carbons (Fsp3) is 0. The summed E-state index contributed by atoms with van der Waals surface area (Å²) in [6, 6.07) is 11.0. The molecule has 3 aromatic carbocycles. The minimum Gasteiger partial charge on any atom is -0.411 e. The maximum absolute atomic E-state index is 12.5. The number of rotatable bonds is 3. The van der Waals surface area contributed by atoms with E-state index in [1.54, 1.807) is 0 Å². The van der Waals surface area contributed by atoms with E-state index in [-0.39, 0.29) is 20.2 Å². The van der Waals surface area contributed by atoms with Crippen molar-refractivity contribution < 1.29 is 28.4 Å². The van der Waals surface area contributed by atoms with Crippen LogP contribution in [-0.2, 0) is 0 Å². The van der Waals surface area contributed by atoms with Gasteiger partial charge in [0.2, 0.25) is 0 Å². The van der Waals surface area contributed by atoms with Gasteiger partial charge in [0, 0.05) is 16.7 Å². The minimum atomic E-state index is -0.467. The molecule has 0 radical (unpaired) electrons. The first-order chi connectivity index (χ1) is 15.6. The van der Waals surface area contributed by atoms with Crippen molar-refractivity contribution in [3.63, 3.8) is 0 Å². The number of oxime groups is 2. The molecule has 0 amide bonds. The van der Waals surface area contributed by atoms with Crippen LogP contribution >= 0.6 is 46.4 Å². The van der Waals surface area contributed by atoms with Crippen molar-refractivity contribution in [1.29, 1.82) is 0 Å². The van der Waals surface area contributed by atoms with Crippen molar-refractivity contribution >= 4 is 64.1 Å². The van der Waals surface area contributed by atoms with Crippen LogP contribution in [0.2, 0.25) is 15.1 Å². The summed E-state index contributed by atoms with van der Waals surface area (Å²) in [5.74, 6) is -1.31. The predicted octanol–water partition coefficient (Wildman–Crippen LogP) is 7.43. The van der Waals surface area contributed by atoms with E-state index in [1.165, 1.54) is 36.4 Å². The Hall–Kier alpha value is -2.78. The van der Waals surface area contributed by atoms with Gasteiger partial charge < -0.3 is 10.4 Å². The summed E-state index contributed by atoms with van der Waals surface area (Å²) in [5, 5.41) is 22.2. The van der Waals surface area contributed by atoms with Crippen LogP contribution < -0.4 is 0 Å². The van der Waals surface area contributed by atoms with Crippen LogP contribution in [0.3, 0.4) is 0 Å². The quantitative estimate of drug-likeness (QED) is 0.157. The number of benzene rings is 3. The summed E-state index contributed by atoms with van der Waals surface area (Å²) in [7, 11) is 0. The molecule has 0 aliphatic heterocycles. The first-order valence-electron chi connectivity index (χ1n) is 8.48. The van der Waals surface area contributed by atoms with Gasteiger partial charge in [0.05, 0.1) is 21.3 Å². The zero-order valence-corrected chi connectivity index (χ0v) is 19.2. The van der Waals surface area contributed by atoms with Crippen LogP contribution in [0.25, 0.3) is 0 Å². The van der Waals surface area contributed by atoms with E-state index in [2.05, 4.69) is 10.3 Å². The fourth-order valence-electron chi connectivity index (χ4n) is 1.98. The lowest BCUT2D eigenvalue weighted by molar-refractivity contribution is 0.112. The molecule has 0 unspecified atom stereocenters. The molecule has 3 aromatic rings. The normalized spacial score (nSPS) is 10.7. The molecule has 5 nitrogen and oxygen atoms in total.